The Labute approximate surface area is 125 Å². The van der Waals surface area contributed by atoms with Crippen molar-refractivity contribution < 1.29 is 5.11 Å². The molecule has 0 saturated heterocycles. The quantitative estimate of drug-likeness (QED) is 0.576. The minimum Gasteiger partial charge on any atom is -0.388 e. The highest BCUT2D eigenvalue weighted by Gasteiger charge is 2.34. The average molecular weight is 295 g/mol. The maximum atomic E-state index is 10.1. The first kappa shape index (κ1) is 15.3. The summed E-state index contributed by atoms with van der Waals surface area (Å²) < 4.78 is 0. The van der Waals surface area contributed by atoms with Crippen LogP contribution >= 0.6 is 11.3 Å². The van der Waals surface area contributed by atoms with Gasteiger partial charge < -0.3 is 15.7 Å². The fourth-order valence-corrected chi connectivity index (χ4v) is 3.14. The van der Waals surface area contributed by atoms with Crippen LogP contribution in [0.2, 0.25) is 0 Å². The molecule has 2 rings (SSSR count). The van der Waals surface area contributed by atoms with Gasteiger partial charge >= 0.3 is 0 Å². The van der Waals surface area contributed by atoms with E-state index in [-0.39, 0.29) is 5.41 Å². The van der Waals surface area contributed by atoms with Gasteiger partial charge in [-0.3, -0.25) is 4.99 Å². The molecule has 112 valence electrons. The van der Waals surface area contributed by atoms with E-state index in [2.05, 4.69) is 47.0 Å². The van der Waals surface area contributed by atoms with E-state index in [0.717, 1.165) is 31.8 Å². The van der Waals surface area contributed by atoms with Crippen molar-refractivity contribution in [2.24, 2.45) is 4.99 Å². The first-order chi connectivity index (χ1) is 9.45. The second-order valence-corrected chi connectivity index (χ2v) is 7.17. The Morgan fingerprint density at radius 1 is 1.45 bits per heavy atom. The highest BCUT2D eigenvalue weighted by Crippen LogP contribution is 2.30. The third kappa shape index (κ3) is 3.73. The van der Waals surface area contributed by atoms with Gasteiger partial charge in [0.15, 0.2) is 5.96 Å². The molecule has 1 aromatic rings. The van der Waals surface area contributed by atoms with Gasteiger partial charge in [-0.25, -0.2) is 0 Å². The number of aliphatic hydroxyl groups is 1. The maximum absolute atomic E-state index is 10.1. The molecule has 5 heteroatoms. The first-order valence-corrected chi connectivity index (χ1v) is 8.04. The molecular weight excluding hydrogens is 270 g/mol. The first-order valence-electron chi connectivity index (χ1n) is 7.16. The van der Waals surface area contributed by atoms with E-state index in [1.807, 2.05) is 0 Å². The van der Waals surface area contributed by atoms with Gasteiger partial charge in [-0.15, -0.1) is 11.3 Å². The second kappa shape index (κ2) is 6.14. The van der Waals surface area contributed by atoms with Gasteiger partial charge in [-0.05, 0) is 30.7 Å². The van der Waals surface area contributed by atoms with Crippen LogP contribution in [-0.4, -0.2) is 36.8 Å². The zero-order valence-electron chi connectivity index (χ0n) is 12.6. The highest BCUT2D eigenvalue weighted by molar-refractivity contribution is 7.10. The molecule has 20 heavy (non-hydrogen) atoms. The Morgan fingerprint density at radius 2 is 2.20 bits per heavy atom. The fraction of sp³-hybridized carbons (Fsp3) is 0.667. The predicted octanol–water partition coefficient (Wildman–Crippen LogP) is 2.11. The number of hydrogen-bond donors (Lipinski definition) is 3. The third-order valence-electron chi connectivity index (χ3n) is 3.98. The van der Waals surface area contributed by atoms with Crippen LogP contribution in [0.5, 0.6) is 0 Å². The summed E-state index contributed by atoms with van der Waals surface area (Å²) in [7, 11) is 1.76. The van der Waals surface area contributed by atoms with Crippen LogP contribution in [0.3, 0.4) is 0 Å². The smallest absolute Gasteiger partial charge is 0.191 e. The fourth-order valence-electron chi connectivity index (χ4n) is 2.29. The zero-order valence-corrected chi connectivity index (χ0v) is 13.4. The lowest BCUT2D eigenvalue weighted by Gasteiger charge is -2.37. The molecule has 1 fully saturated rings. The normalized spacial score (nSPS) is 18.5. The SMILES string of the molecule is CN=C(NCC1(O)CCC1)NCC(C)(C)c1cccs1. The Morgan fingerprint density at radius 3 is 2.70 bits per heavy atom. The molecule has 0 unspecified atom stereocenters. The summed E-state index contributed by atoms with van der Waals surface area (Å²) >= 11 is 1.78. The predicted molar refractivity (Wildman–Crippen MR) is 85.5 cm³/mol. The van der Waals surface area contributed by atoms with Crippen LogP contribution in [0.15, 0.2) is 22.5 Å². The number of guanidine groups is 1. The van der Waals surface area contributed by atoms with Crippen molar-refractivity contribution in [1.29, 1.82) is 0 Å². The van der Waals surface area contributed by atoms with Gasteiger partial charge in [-0.1, -0.05) is 19.9 Å². The molecular formula is C15H25N3OS. The van der Waals surface area contributed by atoms with Crippen molar-refractivity contribution >= 4 is 17.3 Å². The van der Waals surface area contributed by atoms with E-state index in [4.69, 9.17) is 0 Å². The Hall–Kier alpha value is -1.07. The summed E-state index contributed by atoms with van der Waals surface area (Å²) in [5, 5.41) is 18.8. The van der Waals surface area contributed by atoms with Crippen LogP contribution in [0.1, 0.15) is 38.0 Å². The molecule has 3 N–H and O–H groups in total. The van der Waals surface area contributed by atoms with Crippen molar-refractivity contribution in [3.05, 3.63) is 22.4 Å². The van der Waals surface area contributed by atoms with Gasteiger partial charge in [0, 0.05) is 30.4 Å². The van der Waals surface area contributed by atoms with Gasteiger partial charge in [0.2, 0.25) is 0 Å². The van der Waals surface area contributed by atoms with Gasteiger partial charge in [-0.2, -0.15) is 0 Å². The summed E-state index contributed by atoms with van der Waals surface area (Å²) in [6.45, 7) is 5.83. The van der Waals surface area contributed by atoms with Crippen molar-refractivity contribution in [3.8, 4) is 0 Å². The second-order valence-electron chi connectivity index (χ2n) is 6.22. The molecule has 1 aromatic heterocycles. The minimum atomic E-state index is -0.527. The number of thiophene rings is 1. The number of rotatable bonds is 5. The molecule has 4 nitrogen and oxygen atoms in total. The Balaban J connectivity index is 1.82. The van der Waals surface area contributed by atoms with Crippen molar-refractivity contribution in [3.63, 3.8) is 0 Å². The lowest BCUT2D eigenvalue weighted by molar-refractivity contribution is -0.0279. The molecule has 1 aliphatic rings. The summed E-state index contributed by atoms with van der Waals surface area (Å²) in [4.78, 5) is 5.58. The summed E-state index contributed by atoms with van der Waals surface area (Å²) in [6.07, 6.45) is 2.89. The molecule has 0 spiro atoms. The molecule has 0 atom stereocenters. The van der Waals surface area contributed by atoms with Crippen LogP contribution in [-0.2, 0) is 5.41 Å². The van der Waals surface area contributed by atoms with Crippen LogP contribution in [0.4, 0.5) is 0 Å². The number of aliphatic imine (C=N–C) groups is 1. The molecule has 0 aromatic carbocycles. The Kier molecular flexibility index (Phi) is 4.70. The van der Waals surface area contributed by atoms with E-state index >= 15 is 0 Å². The molecule has 0 bridgehead atoms. The van der Waals surface area contributed by atoms with Crippen LogP contribution < -0.4 is 10.6 Å². The van der Waals surface area contributed by atoms with E-state index in [1.165, 1.54) is 4.88 Å². The van der Waals surface area contributed by atoms with Crippen molar-refractivity contribution in [2.45, 2.75) is 44.1 Å². The van der Waals surface area contributed by atoms with Gasteiger partial charge in [0.1, 0.15) is 0 Å². The molecule has 0 radical (unpaired) electrons. The van der Waals surface area contributed by atoms with Crippen LogP contribution in [0, 0.1) is 0 Å². The molecule has 1 aliphatic carbocycles. The highest BCUT2D eigenvalue weighted by atomic mass is 32.1. The summed E-state index contributed by atoms with van der Waals surface area (Å²) in [6, 6.07) is 4.25. The standard InChI is InChI=1S/C15H25N3OS/c1-14(2,12-6-4-9-20-12)10-17-13(16-3)18-11-15(19)7-5-8-15/h4,6,9,19H,5,7-8,10-11H2,1-3H3,(H2,16,17,18). The zero-order chi connectivity index (χ0) is 14.6. The van der Waals surface area contributed by atoms with Gasteiger partial charge in [0.25, 0.3) is 0 Å². The number of nitrogens with one attached hydrogen (secondary N) is 2. The Bertz CT molecular complexity index is 450. The van der Waals surface area contributed by atoms with Crippen molar-refractivity contribution in [2.75, 3.05) is 20.1 Å². The number of hydrogen-bond acceptors (Lipinski definition) is 3. The van der Waals surface area contributed by atoms with Crippen LogP contribution in [0.25, 0.3) is 0 Å². The average Bonchev–Trinajstić information content (AvgIpc) is 2.91. The summed E-state index contributed by atoms with van der Waals surface area (Å²) in [5.41, 5.74) is -0.458. The molecule has 0 aliphatic heterocycles. The van der Waals surface area contributed by atoms with E-state index in [1.54, 1.807) is 18.4 Å². The largest absolute Gasteiger partial charge is 0.388 e. The van der Waals surface area contributed by atoms with E-state index in [0.29, 0.717) is 6.54 Å². The maximum Gasteiger partial charge on any atom is 0.191 e. The minimum absolute atomic E-state index is 0.0686. The van der Waals surface area contributed by atoms with Crippen molar-refractivity contribution in [1.82, 2.24) is 10.6 Å². The summed E-state index contributed by atoms with van der Waals surface area (Å²) in [5.74, 6) is 0.759. The topological polar surface area (TPSA) is 56.7 Å². The number of nitrogens with zero attached hydrogens (tertiary/aromatic N) is 1. The van der Waals surface area contributed by atoms with E-state index < -0.39 is 5.60 Å². The molecule has 1 heterocycles. The van der Waals surface area contributed by atoms with E-state index in [9.17, 15) is 5.11 Å². The molecule has 0 amide bonds. The lowest BCUT2D eigenvalue weighted by atomic mass is 9.80. The lowest BCUT2D eigenvalue weighted by Crippen LogP contribution is -2.51. The monoisotopic (exact) mass is 295 g/mol. The third-order valence-corrected chi connectivity index (χ3v) is 5.21. The molecule has 1 saturated carbocycles. The van der Waals surface area contributed by atoms with Gasteiger partial charge in [0.05, 0.1) is 5.60 Å².